The summed E-state index contributed by atoms with van der Waals surface area (Å²) in [6, 6.07) is 0. The molecule has 0 N–H and O–H groups in total. The Hall–Kier alpha value is -1.20. The Labute approximate surface area is 148 Å². The number of carbonyl (C=O) groups excluding carboxylic acids is 1. The zero-order valence-corrected chi connectivity index (χ0v) is 15.2. The molecule has 0 unspecified atom stereocenters. The molecule has 0 amide bonds. The summed E-state index contributed by atoms with van der Waals surface area (Å²) >= 11 is 11.2. The third kappa shape index (κ3) is 3.29. The van der Waals surface area contributed by atoms with Crippen LogP contribution in [0.3, 0.4) is 0 Å². The minimum atomic E-state index is -1.27. The second-order valence-electron chi connectivity index (χ2n) is 6.56. The number of ether oxygens (including phenoxy) is 1. The van der Waals surface area contributed by atoms with E-state index in [1.54, 1.807) is 6.08 Å². The molecule has 0 bridgehead atoms. The Balaban J connectivity index is 2.16. The summed E-state index contributed by atoms with van der Waals surface area (Å²) in [5.41, 5.74) is -1.17. The van der Waals surface area contributed by atoms with Gasteiger partial charge in [-0.15, -0.1) is 0 Å². The molecule has 2 rings (SSSR count). The third-order valence-corrected chi connectivity index (χ3v) is 4.98. The van der Waals surface area contributed by atoms with Crippen LogP contribution in [0.15, 0.2) is 10.6 Å². The molecule has 132 valence electrons. The molecule has 7 heteroatoms. The Morgan fingerprint density at radius 3 is 2.25 bits per heavy atom. The van der Waals surface area contributed by atoms with Crippen molar-refractivity contribution in [3.63, 3.8) is 0 Å². The molecule has 1 fully saturated rings. The SMILES string of the molecule is Cc1c(F)c(C)c(COC(=O)[C@H]2[C@H](C=C(Cl)Cl)C2(C)C)c(F)c1F. The normalized spacial score (nSPS) is 21.4. The molecular formula is C17H17Cl2F3O2. The number of hydrogen-bond acceptors (Lipinski definition) is 2. The lowest BCUT2D eigenvalue weighted by molar-refractivity contribution is -0.147. The van der Waals surface area contributed by atoms with Crippen LogP contribution in [-0.2, 0) is 16.1 Å². The lowest BCUT2D eigenvalue weighted by Gasteiger charge is -2.13. The Bertz CT molecular complexity index is 696. The van der Waals surface area contributed by atoms with E-state index in [1.165, 1.54) is 6.92 Å². The van der Waals surface area contributed by atoms with E-state index in [9.17, 15) is 18.0 Å². The van der Waals surface area contributed by atoms with E-state index in [-0.39, 0.29) is 21.5 Å². The zero-order chi connectivity index (χ0) is 18.4. The first-order chi connectivity index (χ1) is 11.0. The Kier molecular flexibility index (Phi) is 5.26. The minimum Gasteiger partial charge on any atom is -0.460 e. The van der Waals surface area contributed by atoms with Gasteiger partial charge in [-0.3, -0.25) is 4.79 Å². The topological polar surface area (TPSA) is 26.3 Å². The van der Waals surface area contributed by atoms with E-state index in [0.29, 0.717) is 0 Å². The summed E-state index contributed by atoms with van der Waals surface area (Å²) in [5.74, 6) is -4.60. The van der Waals surface area contributed by atoms with E-state index in [0.717, 1.165) is 6.92 Å². The van der Waals surface area contributed by atoms with Crippen molar-refractivity contribution in [2.45, 2.75) is 34.3 Å². The van der Waals surface area contributed by atoms with Crippen molar-refractivity contribution in [2.24, 2.45) is 17.3 Å². The van der Waals surface area contributed by atoms with E-state index in [1.807, 2.05) is 13.8 Å². The highest BCUT2D eigenvalue weighted by molar-refractivity contribution is 6.55. The van der Waals surface area contributed by atoms with Crippen LogP contribution in [0.5, 0.6) is 0 Å². The molecule has 0 saturated heterocycles. The van der Waals surface area contributed by atoms with Gasteiger partial charge in [-0.05, 0) is 36.8 Å². The second kappa shape index (κ2) is 6.60. The van der Waals surface area contributed by atoms with Crippen LogP contribution in [0.1, 0.15) is 30.5 Å². The van der Waals surface area contributed by atoms with E-state index >= 15 is 0 Å². The van der Waals surface area contributed by atoms with Gasteiger partial charge in [-0.25, -0.2) is 13.2 Å². The van der Waals surface area contributed by atoms with Crippen LogP contribution in [0.25, 0.3) is 0 Å². The summed E-state index contributed by atoms with van der Waals surface area (Å²) in [5, 5.41) is 0. The molecule has 0 heterocycles. The van der Waals surface area contributed by atoms with Gasteiger partial charge in [-0.1, -0.05) is 37.0 Å². The predicted octanol–water partition coefficient (Wildman–Crippen LogP) is 5.36. The van der Waals surface area contributed by atoms with Crippen LogP contribution >= 0.6 is 23.2 Å². The van der Waals surface area contributed by atoms with Crippen molar-refractivity contribution in [1.29, 1.82) is 0 Å². The molecule has 2 atom stereocenters. The van der Waals surface area contributed by atoms with Crippen molar-refractivity contribution in [3.05, 3.63) is 44.7 Å². The van der Waals surface area contributed by atoms with E-state index < -0.39 is 46.9 Å². The zero-order valence-electron chi connectivity index (χ0n) is 13.6. The predicted molar refractivity (Wildman–Crippen MR) is 86.1 cm³/mol. The van der Waals surface area contributed by atoms with Crippen LogP contribution in [-0.4, -0.2) is 5.97 Å². The highest BCUT2D eigenvalue weighted by Crippen LogP contribution is 2.60. The van der Waals surface area contributed by atoms with Crippen molar-refractivity contribution >= 4 is 29.2 Å². The van der Waals surface area contributed by atoms with Gasteiger partial charge in [0.15, 0.2) is 11.6 Å². The smallest absolute Gasteiger partial charge is 0.310 e. The van der Waals surface area contributed by atoms with Crippen molar-refractivity contribution in [2.75, 3.05) is 0 Å². The fourth-order valence-electron chi connectivity index (χ4n) is 2.95. The number of benzene rings is 1. The number of carbonyl (C=O) groups is 1. The molecule has 1 aromatic rings. The van der Waals surface area contributed by atoms with Crippen LogP contribution in [0.4, 0.5) is 13.2 Å². The molecule has 1 aliphatic rings. The highest BCUT2D eigenvalue weighted by atomic mass is 35.5. The maximum absolute atomic E-state index is 14.0. The van der Waals surface area contributed by atoms with Gasteiger partial charge >= 0.3 is 5.97 Å². The van der Waals surface area contributed by atoms with Gasteiger partial charge in [0.1, 0.15) is 16.9 Å². The van der Waals surface area contributed by atoms with Gasteiger partial charge in [0, 0.05) is 11.1 Å². The molecular weight excluding hydrogens is 364 g/mol. The van der Waals surface area contributed by atoms with Crippen molar-refractivity contribution < 1.29 is 22.7 Å². The second-order valence-corrected chi connectivity index (χ2v) is 7.57. The number of esters is 1. The summed E-state index contributed by atoms with van der Waals surface area (Å²) in [6.07, 6.45) is 1.55. The number of rotatable bonds is 4. The first-order valence-corrected chi connectivity index (χ1v) is 8.07. The third-order valence-electron chi connectivity index (χ3n) is 4.73. The van der Waals surface area contributed by atoms with Crippen molar-refractivity contribution in [3.8, 4) is 0 Å². The van der Waals surface area contributed by atoms with Crippen LogP contribution in [0.2, 0.25) is 0 Å². The number of allylic oxidation sites excluding steroid dienone is 1. The van der Waals surface area contributed by atoms with E-state index in [4.69, 9.17) is 27.9 Å². The maximum atomic E-state index is 14.0. The largest absolute Gasteiger partial charge is 0.460 e. The standard InChI is InChI=1S/C17H17Cl2F3O2/c1-7-9(15(22)14(21)8(2)13(7)20)6-24-16(23)12-10(5-11(18)19)17(12,3)4/h5,10,12H,6H2,1-4H3/t10-,12+/m0/s1. The van der Waals surface area contributed by atoms with Gasteiger partial charge in [0.25, 0.3) is 0 Å². The fraction of sp³-hybridized carbons (Fsp3) is 0.471. The molecule has 2 nitrogen and oxygen atoms in total. The molecule has 1 aliphatic carbocycles. The first kappa shape index (κ1) is 19.1. The van der Waals surface area contributed by atoms with Gasteiger partial charge in [-0.2, -0.15) is 0 Å². The average Bonchev–Trinajstić information content (AvgIpc) is 3.02. The van der Waals surface area contributed by atoms with Crippen LogP contribution < -0.4 is 0 Å². The van der Waals surface area contributed by atoms with Crippen LogP contribution in [0, 0.1) is 48.5 Å². The van der Waals surface area contributed by atoms with Gasteiger partial charge in [0.05, 0.1) is 5.92 Å². The molecule has 0 radical (unpaired) electrons. The monoisotopic (exact) mass is 380 g/mol. The lowest BCUT2D eigenvalue weighted by atomic mass is 10.0. The van der Waals surface area contributed by atoms with Gasteiger partial charge in [0.2, 0.25) is 0 Å². The Morgan fingerprint density at radius 2 is 1.71 bits per heavy atom. The molecule has 0 aromatic heterocycles. The molecule has 24 heavy (non-hydrogen) atoms. The number of hydrogen-bond donors (Lipinski definition) is 0. The van der Waals surface area contributed by atoms with Crippen molar-refractivity contribution in [1.82, 2.24) is 0 Å². The average molecular weight is 381 g/mol. The quantitative estimate of drug-likeness (QED) is 0.519. The number of halogens is 5. The highest BCUT2D eigenvalue weighted by Gasteiger charge is 2.61. The first-order valence-electron chi connectivity index (χ1n) is 7.32. The molecule has 1 saturated carbocycles. The molecule has 0 aliphatic heterocycles. The lowest BCUT2D eigenvalue weighted by Crippen LogP contribution is -2.13. The Morgan fingerprint density at radius 1 is 1.12 bits per heavy atom. The summed E-state index contributed by atoms with van der Waals surface area (Å²) in [4.78, 5) is 12.2. The fourth-order valence-corrected chi connectivity index (χ4v) is 3.22. The maximum Gasteiger partial charge on any atom is 0.310 e. The molecule has 0 spiro atoms. The summed E-state index contributed by atoms with van der Waals surface area (Å²) in [7, 11) is 0. The molecule has 1 aromatic carbocycles. The summed E-state index contributed by atoms with van der Waals surface area (Å²) in [6.45, 7) is 5.61. The van der Waals surface area contributed by atoms with E-state index in [2.05, 4.69) is 0 Å². The van der Waals surface area contributed by atoms with Gasteiger partial charge < -0.3 is 4.74 Å². The summed E-state index contributed by atoms with van der Waals surface area (Å²) < 4.78 is 46.7. The minimum absolute atomic E-state index is 0.0490.